The molecule has 0 amide bonds. The molecule has 1 aromatic rings. The Morgan fingerprint density at radius 2 is 1.65 bits per heavy atom. The third kappa shape index (κ3) is 8.71. The van der Waals surface area contributed by atoms with Crippen molar-refractivity contribution in [2.45, 2.75) is 62.9 Å². The third-order valence-corrected chi connectivity index (χ3v) is 7.66. The maximum absolute atomic E-state index is 12.6. The van der Waals surface area contributed by atoms with Crippen molar-refractivity contribution in [2.24, 2.45) is 11.8 Å². The number of hydrogen-bond acceptors (Lipinski definition) is 4. The average molecular weight is 465 g/mol. The number of aliphatic hydroxyl groups is 1. The van der Waals surface area contributed by atoms with E-state index >= 15 is 0 Å². The van der Waals surface area contributed by atoms with Crippen molar-refractivity contribution in [3.63, 3.8) is 0 Å². The Balaban J connectivity index is 1.69. The van der Waals surface area contributed by atoms with E-state index < -0.39 is 21.8 Å². The van der Waals surface area contributed by atoms with Gasteiger partial charge >= 0.3 is 6.18 Å². The van der Waals surface area contributed by atoms with Gasteiger partial charge in [-0.3, -0.25) is 0 Å². The zero-order valence-electron chi connectivity index (χ0n) is 18.2. The van der Waals surface area contributed by atoms with Gasteiger partial charge in [-0.2, -0.15) is 13.2 Å². The molecule has 1 saturated carbocycles. The molecule has 178 valence electrons. The molecule has 0 bridgehead atoms. The van der Waals surface area contributed by atoms with Crippen LogP contribution in [0.4, 0.5) is 13.2 Å². The van der Waals surface area contributed by atoms with Gasteiger partial charge in [-0.25, -0.2) is 13.1 Å². The topological polar surface area (TPSA) is 69.6 Å². The molecule has 1 aliphatic carbocycles. The van der Waals surface area contributed by atoms with Crippen LogP contribution in [-0.2, 0) is 16.2 Å². The number of halogens is 3. The van der Waals surface area contributed by atoms with Gasteiger partial charge in [-0.1, -0.05) is 32.6 Å². The molecule has 1 aliphatic rings. The summed E-state index contributed by atoms with van der Waals surface area (Å²) in [5, 5.41) is 9.03. The molecule has 0 radical (unpaired) electrons. The molecule has 5 nitrogen and oxygen atoms in total. The molecule has 1 aromatic carbocycles. The van der Waals surface area contributed by atoms with Crippen molar-refractivity contribution >= 4 is 10.0 Å². The van der Waals surface area contributed by atoms with E-state index in [1.54, 1.807) is 0 Å². The standard InChI is InChI=1S/C22H35F3N2O3S/c1-2-27(15-16-28)14-4-3-5-18-6-8-19(9-7-18)17-26-31(29,30)21-12-10-20(11-13-21)22(23,24)25/h10-13,18-19,26,28H,2-9,14-17H2,1H3. The summed E-state index contributed by atoms with van der Waals surface area (Å²) in [5.41, 5.74) is -0.861. The summed E-state index contributed by atoms with van der Waals surface area (Å²) in [6, 6.07) is 3.59. The molecule has 0 aromatic heterocycles. The lowest BCUT2D eigenvalue weighted by molar-refractivity contribution is -0.137. The zero-order chi connectivity index (χ0) is 22.9. The van der Waals surface area contributed by atoms with E-state index in [0.29, 0.717) is 12.5 Å². The molecule has 9 heteroatoms. The summed E-state index contributed by atoms with van der Waals surface area (Å²) in [4.78, 5) is 2.11. The highest BCUT2D eigenvalue weighted by molar-refractivity contribution is 7.89. The van der Waals surface area contributed by atoms with E-state index in [-0.39, 0.29) is 17.4 Å². The van der Waals surface area contributed by atoms with Gasteiger partial charge in [-0.05, 0) is 68.5 Å². The molecule has 0 unspecified atom stereocenters. The second-order valence-corrected chi connectivity index (χ2v) is 10.2. The van der Waals surface area contributed by atoms with Gasteiger partial charge in [-0.15, -0.1) is 0 Å². The van der Waals surface area contributed by atoms with E-state index in [1.165, 1.54) is 6.42 Å². The SMILES string of the molecule is CCN(CCO)CCCCC1CCC(CNS(=O)(=O)c2ccc(C(F)(F)F)cc2)CC1. The first kappa shape index (κ1) is 26.1. The molecule has 2 N–H and O–H groups in total. The van der Waals surface area contributed by atoms with Crippen LogP contribution in [0.3, 0.4) is 0 Å². The van der Waals surface area contributed by atoms with Crippen molar-refractivity contribution in [3.05, 3.63) is 29.8 Å². The van der Waals surface area contributed by atoms with Crippen LogP contribution in [0.15, 0.2) is 29.2 Å². The van der Waals surface area contributed by atoms with Gasteiger partial charge in [0.2, 0.25) is 10.0 Å². The van der Waals surface area contributed by atoms with E-state index in [2.05, 4.69) is 16.5 Å². The van der Waals surface area contributed by atoms with E-state index in [9.17, 15) is 21.6 Å². The molecule has 2 rings (SSSR count). The predicted molar refractivity (Wildman–Crippen MR) is 115 cm³/mol. The summed E-state index contributed by atoms with van der Waals surface area (Å²) >= 11 is 0. The number of likely N-dealkylation sites (N-methyl/N-ethyl adjacent to an activating group) is 1. The summed E-state index contributed by atoms with van der Waals surface area (Å²) < 4.78 is 65.3. The molecule has 0 spiro atoms. The van der Waals surface area contributed by atoms with Crippen LogP contribution in [0.25, 0.3) is 0 Å². The first-order valence-corrected chi connectivity index (χ1v) is 12.6. The minimum atomic E-state index is -4.48. The highest BCUT2D eigenvalue weighted by Gasteiger charge is 2.31. The minimum Gasteiger partial charge on any atom is -0.395 e. The number of unbranched alkanes of at least 4 members (excludes halogenated alkanes) is 1. The van der Waals surface area contributed by atoms with Gasteiger partial charge in [0.1, 0.15) is 0 Å². The molecule has 0 heterocycles. The predicted octanol–water partition coefficient (Wildman–Crippen LogP) is 4.27. The molecule has 0 aliphatic heterocycles. The van der Waals surface area contributed by atoms with Crippen LogP contribution in [0, 0.1) is 11.8 Å². The van der Waals surface area contributed by atoms with Crippen molar-refractivity contribution in [1.82, 2.24) is 9.62 Å². The van der Waals surface area contributed by atoms with Crippen molar-refractivity contribution in [3.8, 4) is 0 Å². The number of aliphatic hydroxyl groups excluding tert-OH is 1. The van der Waals surface area contributed by atoms with E-state index in [1.807, 2.05) is 0 Å². The van der Waals surface area contributed by atoms with E-state index in [4.69, 9.17) is 5.11 Å². The first-order chi connectivity index (χ1) is 14.7. The number of hydrogen-bond donors (Lipinski definition) is 2. The van der Waals surface area contributed by atoms with Gasteiger partial charge in [0, 0.05) is 13.1 Å². The fourth-order valence-corrected chi connectivity index (χ4v) is 5.31. The fourth-order valence-electron chi connectivity index (χ4n) is 4.20. The quantitative estimate of drug-likeness (QED) is 0.453. The molecule has 0 saturated heterocycles. The lowest BCUT2D eigenvalue weighted by atomic mass is 9.80. The number of nitrogens with one attached hydrogen (secondary N) is 1. The smallest absolute Gasteiger partial charge is 0.395 e. The Labute approximate surface area is 184 Å². The Kier molecular flexibility index (Phi) is 10.3. The zero-order valence-corrected chi connectivity index (χ0v) is 19.0. The Bertz CT molecular complexity index is 746. The van der Waals surface area contributed by atoms with Crippen LogP contribution in [0.5, 0.6) is 0 Å². The minimum absolute atomic E-state index is 0.142. The summed E-state index contributed by atoms with van der Waals surface area (Å²) in [6.45, 7) is 5.31. The van der Waals surface area contributed by atoms with Gasteiger partial charge < -0.3 is 10.0 Å². The van der Waals surface area contributed by atoms with Crippen LogP contribution in [-0.4, -0.2) is 51.2 Å². The van der Waals surface area contributed by atoms with Gasteiger partial charge in [0.15, 0.2) is 0 Å². The normalized spacial score (nSPS) is 20.3. The number of rotatable bonds is 12. The van der Waals surface area contributed by atoms with Gasteiger partial charge in [0.05, 0.1) is 17.1 Å². The highest BCUT2D eigenvalue weighted by Crippen LogP contribution is 2.32. The second kappa shape index (κ2) is 12.2. The molecule has 31 heavy (non-hydrogen) atoms. The number of benzene rings is 1. The molecular formula is C22H35F3N2O3S. The largest absolute Gasteiger partial charge is 0.416 e. The number of nitrogens with zero attached hydrogens (tertiary/aromatic N) is 1. The Morgan fingerprint density at radius 3 is 2.19 bits per heavy atom. The van der Waals surface area contributed by atoms with Crippen LogP contribution in [0.2, 0.25) is 0 Å². The van der Waals surface area contributed by atoms with E-state index in [0.717, 1.165) is 82.4 Å². The lowest BCUT2D eigenvalue weighted by Crippen LogP contribution is -2.31. The summed E-state index contributed by atoms with van der Waals surface area (Å²) in [6.07, 6.45) is 3.08. The van der Waals surface area contributed by atoms with Crippen LogP contribution >= 0.6 is 0 Å². The fraction of sp³-hybridized carbons (Fsp3) is 0.727. The van der Waals surface area contributed by atoms with Crippen molar-refractivity contribution < 1.29 is 26.7 Å². The highest BCUT2D eigenvalue weighted by atomic mass is 32.2. The summed E-state index contributed by atoms with van der Waals surface area (Å²) in [7, 11) is -3.81. The maximum atomic E-state index is 12.6. The number of alkyl halides is 3. The number of sulfonamides is 1. The average Bonchev–Trinajstić information content (AvgIpc) is 2.75. The molecule has 1 fully saturated rings. The molecular weight excluding hydrogens is 429 g/mol. The van der Waals surface area contributed by atoms with Crippen molar-refractivity contribution in [1.29, 1.82) is 0 Å². The van der Waals surface area contributed by atoms with Crippen LogP contribution < -0.4 is 4.72 Å². The van der Waals surface area contributed by atoms with Gasteiger partial charge in [0.25, 0.3) is 0 Å². The monoisotopic (exact) mass is 464 g/mol. The van der Waals surface area contributed by atoms with Crippen molar-refractivity contribution in [2.75, 3.05) is 32.8 Å². The molecule has 0 atom stereocenters. The summed E-state index contributed by atoms with van der Waals surface area (Å²) in [5.74, 6) is 0.941. The van der Waals surface area contributed by atoms with Crippen LogP contribution in [0.1, 0.15) is 57.4 Å². The Hall–Kier alpha value is -1.16. The lowest BCUT2D eigenvalue weighted by Gasteiger charge is -2.29. The third-order valence-electron chi connectivity index (χ3n) is 6.22. The first-order valence-electron chi connectivity index (χ1n) is 11.2. The maximum Gasteiger partial charge on any atom is 0.416 e. The Morgan fingerprint density at radius 1 is 1.03 bits per heavy atom. The second-order valence-electron chi connectivity index (χ2n) is 8.41.